The molecule has 16 nitrogen and oxygen atoms in total. The summed E-state index contributed by atoms with van der Waals surface area (Å²) in [4.78, 5) is 13.3. The zero-order valence-electron chi connectivity index (χ0n) is 26.5. The lowest BCUT2D eigenvalue weighted by Gasteiger charge is -2.30. The van der Waals surface area contributed by atoms with E-state index in [2.05, 4.69) is 25.6 Å². The van der Waals surface area contributed by atoms with Crippen molar-refractivity contribution in [2.45, 2.75) is 74.8 Å². The zero-order valence-corrected chi connectivity index (χ0v) is 28.3. The molecule has 9 heterocycles. The van der Waals surface area contributed by atoms with Gasteiger partial charge in [0.25, 0.3) is 14.9 Å². The molecule has 0 saturated carbocycles. The fourth-order valence-corrected chi connectivity index (χ4v) is 9.62. The van der Waals surface area contributed by atoms with E-state index in [1.54, 1.807) is 17.0 Å². The van der Waals surface area contributed by atoms with Crippen molar-refractivity contribution in [3.63, 3.8) is 0 Å². The van der Waals surface area contributed by atoms with Crippen molar-refractivity contribution in [1.29, 1.82) is 0 Å². The molecule has 5 aliphatic heterocycles. The van der Waals surface area contributed by atoms with Crippen molar-refractivity contribution >= 4 is 63.7 Å². The monoisotopic (exact) mass is 725 g/mol. The average Bonchev–Trinajstić information content (AvgIpc) is 3.71. The zero-order chi connectivity index (χ0) is 34.4. The lowest BCUT2D eigenvalue weighted by Crippen LogP contribution is -2.38. The van der Waals surface area contributed by atoms with E-state index in [9.17, 15) is 14.2 Å². The number of ether oxygens (including phenoxy) is 2. The first-order chi connectivity index (χ1) is 24.1. The van der Waals surface area contributed by atoms with E-state index in [0.717, 1.165) is 59.9 Å². The van der Waals surface area contributed by atoms with Gasteiger partial charge < -0.3 is 52.4 Å². The van der Waals surface area contributed by atoms with Gasteiger partial charge in [-0.1, -0.05) is 0 Å². The molecule has 4 unspecified atom stereocenters. The first kappa shape index (κ1) is 33.0. The molecule has 0 spiro atoms. The number of aromatic nitrogens is 5. The number of nitrogens with one attached hydrogen (secondary N) is 2. The third-order valence-corrected chi connectivity index (χ3v) is 11.9. The SMILES string of the molecule is [B]P1(=O)OC[C@H]2O[C@@H](n3cc4c5c(ncnc53)NCCC4)C(F)[C@H]2OP([B])(=O)OC[C@H]2O[C@@H](n3cc4c5c(ccnc53)NCCC4)[C@@H](O)C2O1. The molecule has 5 aliphatic rings. The molecule has 260 valence electrons. The molecule has 4 radical (unpaired) electrons. The standard InChI is InChI=1S/C29H32B2FN7O9P2/c30-49(41)44-12-18-24(22(40)29(46-18)39-9-14-3-1-6-33-16-5-8-35-26(39)19(14)16)48-50(31,42)43-11-17-23(47-49)21(32)28(45-17)38-10-15-4-2-7-34-25-20(15)27(38)37-13-36-25/h5,8-10,13,17-18,21-24,28-29,33,40H,1-4,6-7,11-12H2,(H,34,36,37)/t17-,18-,21?,22+,23+,24?,28-,29-,49?,50?/m1/s1. The van der Waals surface area contributed by atoms with Gasteiger partial charge in [-0.05, 0) is 42.9 Å². The van der Waals surface area contributed by atoms with E-state index in [0.29, 0.717) is 23.5 Å². The first-order valence-electron chi connectivity index (χ1n) is 16.4. The predicted molar refractivity (Wildman–Crippen MR) is 178 cm³/mol. The van der Waals surface area contributed by atoms with Crippen LogP contribution >= 0.6 is 14.9 Å². The molecule has 0 bridgehead atoms. The smallest absolute Gasteiger partial charge is 0.264 e. The number of halogens is 1. The minimum Gasteiger partial charge on any atom is -0.386 e. The summed E-state index contributed by atoms with van der Waals surface area (Å²) in [5.41, 5.74) is 3.76. The molecule has 3 fully saturated rings. The third-order valence-electron chi connectivity index (χ3n) is 9.83. The van der Waals surface area contributed by atoms with Crippen LogP contribution in [0.25, 0.3) is 22.1 Å². The number of rotatable bonds is 2. The predicted octanol–water partition coefficient (Wildman–Crippen LogP) is 3.06. The summed E-state index contributed by atoms with van der Waals surface area (Å²) in [5.74, 6) is 0.622. The molecule has 10 atom stereocenters. The van der Waals surface area contributed by atoms with Gasteiger partial charge in [-0.3, -0.25) is 9.13 Å². The number of fused-ring (bicyclic) bond motifs is 2. The minimum absolute atomic E-state index is 0.418. The largest absolute Gasteiger partial charge is 0.386 e. The maximum absolute atomic E-state index is 16.4. The Morgan fingerprint density at radius 2 is 1.46 bits per heavy atom. The van der Waals surface area contributed by atoms with Gasteiger partial charge in [-0.2, -0.15) is 0 Å². The van der Waals surface area contributed by atoms with E-state index < -0.39 is 77.3 Å². The highest BCUT2D eigenvalue weighted by Gasteiger charge is 2.53. The highest BCUT2D eigenvalue weighted by molar-refractivity contribution is 7.79. The van der Waals surface area contributed by atoms with Crippen LogP contribution in [-0.4, -0.2) is 107 Å². The maximum atomic E-state index is 16.4. The number of aliphatic hydroxyl groups is 1. The van der Waals surface area contributed by atoms with Crippen molar-refractivity contribution in [1.82, 2.24) is 24.1 Å². The Labute approximate surface area is 287 Å². The molecule has 4 aromatic heterocycles. The average molecular weight is 725 g/mol. The Balaban J connectivity index is 1.00. The topological polar surface area (TPSA) is 182 Å². The van der Waals surface area contributed by atoms with Crippen LogP contribution in [0, 0.1) is 0 Å². The molecule has 21 heteroatoms. The number of anilines is 2. The van der Waals surface area contributed by atoms with Crippen LogP contribution in [0.5, 0.6) is 0 Å². The Morgan fingerprint density at radius 1 is 0.840 bits per heavy atom. The summed E-state index contributed by atoms with van der Waals surface area (Å²) < 4.78 is 81.4. The number of nitrogens with zero attached hydrogens (tertiary/aromatic N) is 5. The van der Waals surface area contributed by atoms with Gasteiger partial charge in [0.15, 0.2) is 18.6 Å². The van der Waals surface area contributed by atoms with Gasteiger partial charge >= 0.3 is 0 Å². The second-order valence-corrected chi connectivity index (χ2v) is 16.1. The van der Waals surface area contributed by atoms with Crippen LogP contribution in [0.1, 0.15) is 36.4 Å². The fourth-order valence-electron chi connectivity index (χ4n) is 7.60. The van der Waals surface area contributed by atoms with E-state index in [4.69, 9.17) is 42.7 Å². The van der Waals surface area contributed by atoms with Crippen LogP contribution in [-0.2, 0) is 49.5 Å². The number of aliphatic hydroxyl groups excluding tert-OH is 1. The Morgan fingerprint density at radius 3 is 2.22 bits per heavy atom. The van der Waals surface area contributed by atoms with Gasteiger partial charge in [0.2, 0.25) is 15.1 Å². The van der Waals surface area contributed by atoms with E-state index in [-0.39, 0.29) is 0 Å². The number of hydrogen-bond donors (Lipinski definition) is 3. The highest BCUT2D eigenvalue weighted by atomic mass is 31.2. The number of pyridine rings is 1. The lowest BCUT2D eigenvalue weighted by atomic mass is 10.1. The van der Waals surface area contributed by atoms with Crippen molar-refractivity contribution in [3.8, 4) is 0 Å². The van der Waals surface area contributed by atoms with E-state index in [1.807, 2.05) is 12.3 Å². The fraction of sp³-hybridized carbons (Fsp3) is 0.552. The van der Waals surface area contributed by atoms with Gasteiger partial charge in [-0.15, -0.1) is 0 Å². The first-order valence-corrected chi connectivity index (χ1v) is 19.7. The molecule has 0 amide bonds. The van der Waals surface area contributed by atoms with Gasteiger partial charge in [-0.25, -0.2) is 19.3 Å². The summed E-state index contributed by atoms with van der Waals surface area (Å²) in [6.45, 7) is 0.355. The molecule has 4 aromatic rings. The van der Waals surface area contributed by atoms with Crippen LogP contribution in [0.2, 0.25) is 0 Å². The number of alkyl halides is 1. The molecule has 50 heavy (non-hydrogen) atoms. The normalized spacial score (nSPS) is 37.5. The molecule has 3 saturated heterocycles. The lowest BCUT2D eigenvalue weighted by molar-refractivity contribution is -0.0557. The molecular weight excluding hydrogens is 693 g/mol. The van der Waals surface area contributed by atoms with Crippen LogP contribution in [0.3, 0.4) is 0 Å². The molecule has 3 N–H and O–H groups in total. The molecule has 0 aromatic carbocycles. The maximum Gasteiger partial charge on any atom is 0.264 e. The third kappa shape index (κ3) is 5.62. The quantitative estimate of drug-likeness (QED) is 0.203. The minimum atomic E-state index is -4.52. The van der Waals surface area contributed by atoms with Gasteiger partial charge in [0.05, 0.1) is 18.6 Å². The summed E-state index contributed by atoms with van der Waals surface area (Å²) in [6, 6.07) is 1.88. The van der Waals surface area contributed by atoms with Crippen molar-refractivity contribution in [2.24, 2.45) is 0 Å². The Kier molecular flexibility index (Phi) is 8.18. The van der Waals surface area contributed by atoms with Crippen LogP contribution < -0.4 is 10.6 Å². The van der Waals surface area contributed by atoms with Crippen LogP contribution in [0.4, 0.5) is 15.9 Å². The Hall–Kier alpha value is -2.85. The van der Waals surface area contributed by atoms with E-state index >= 15 is 4.39 Å². The van der Waals surface area contributed by atoms with Gasteiger partial charge in [0, 0.05) is 42.8 Å². The number of aryl methyl sites for hydroxylation is 2. The Bertz CT molecular complexity index is 1930. The second kappa shape index (κ2) is 12.4. The molecular formula is C29H32B2FN7O9P2. The van der Waals surface area contributed by atoms with Crippen LogP contribution in [0.15, 0.2) is 31.0 Å². The summed E-state index contributed by atoms with van der Waals surface area (Å²) in [6.07, 6.45) is -1.61. The van der Waals surface area contributed by atoms with Crippen molar-refractivity contribution < 1.29 is 46.2 Å². The molecule has 0 aliphatic carbocycles. The molecule has 9 rings (SSSR count). The van der Waals surface area contributed by atoms with Crippen molar-refractivity contribution in [2.75, 3.05) is 36.9 Å². The van der Waals surface area contributed by atoms with E-state index in [1.165, 1.54) is 10.9 Å². The van der Waals surface area contributed by atoms with Gasteiger partial charge in [0.1, 0.15) is 54.0 Å². The summed E-state index contributed by atoms with van der Waals surface area (Å²) in [7, 11) is 3.08. The number of hydrogen-bond acceptors (Lipinski definition) is 14. The highest BCUT2D eigenvalue weighted by Crippen LogP contribution is 2.54. The second-order valence-electron chi connectivity index (χ2n) is 13.0. The summed E-state index contributed by atoms with van der Waals surface area (Å²) >= 11 is 0. The van der Waals surface area contributed by atoms with Crippen molar-refractivity contribution in [3.05, 3.63) is 42.1 Å². The summed E-state index contributed by atoms with van der Waals surface area (Å²) in [5, 5.41) is 19.8.